The van der Waals surface area contributed by atoms with E-state index >= 15 is 0 Å². The van der Waals surface area contributed by atoms with Crippen molar-refractivity contribution in [1.29, 1.82) is 0 Å². The Balaban J connectivity index is 1.91. The summed E-state index contributed by atoms with van der Waals surface area (Å²) in [5.74, 6) is 0.393. The molecule has 3 N–H and O–H groups in total. The first-order valence-corrected chi connectivity index (χ1v) is 8.50. The lowest BCUT2D eigenvalue weighted by Gasteiger charge is -2.09. The number of hydrogen-bond donors (Lipinski definition) is 2. The molecule has 0 aliphatic carbocycles. The Labute approximate surface area is 145 Å². The molecule has 2 aromatic carbocycles. The highest BCUT2D eigenvalue weighted by Crippen LogP contribution is 2.22. The molecule has 0 unspecified atom stereocenters. The predicted octanol–water partition coefficient (Wildman–Crippen LogP) is 2.25. The number of benzene rings is 2. The van der Waals surface area contributed by atoms with Gasteiger partial charge >= 0.3 is 0 Å². The van der Waals surface area contributed by atoms with E-state index in [0.29, 0.717) is 12.1 Å². The maximum Gasteiger partial charge on any atom is 0.252 e. The number of nitrogens with one attached hydrogen (secondary N) is 1. The molecule has 6 heteroatoms. The Morgan fingerprint density at radius 2 is 1.83 bits per heavy atom. The Morgan fingerprint density at radius 3 is 2.50 bits per heavy atom. The Morgan fingerprint density at radius 1 is 1.12 bits per heavy atom. The largest absolute Gasteiger partial charge is 0.497 e. The van der Waals surface area contributed by atoms with E-state index in [9.17, 15) is 9.59 Å². The van der Waals surface area contributed by atoms with Crippen LogP contribution >= 0.6 is 11.8 Å². The molecular weight excluding hydrogens is 324 g/mol. The van der Waals surface area contributed by atoms with Gasteiger partial charge in [0.1, 0.15) is 5.75 Å². The number of ether oxygens (including phenoxy) is 1. The minimum Gasteiger partial charge on any atom is -0.497 e. The third-order valence-corrected chi connectivity index (χ3v) is 4.46. The van der Waals surface area contributed by atoms with Gasteiger partial charge in [-0.3, -0.25) is 9.59 Å². The van der Waals surface area contributed by atoms with E-state index in [-0.39, 0.29) is 11.7 Å². The van der Waals surface area contributed by atoms with Gasteiger partial charge in [-0.15, -0.1) is 11.8 Å². The van der Waals surface area contributed by atoms with Crippen molar-refractivity contribution in [3.8, 4) is 5.75 Å². The maximum atomic E-state index is 12.3. The molecule has 0 radical (unpaired) electrons. The van der Waals surface area contributed by atoms with Crippen molar-refractivity contribution in [3.63, 3.8) is 0 Å². The third-order valence-electron chi connectivity index (χ3n) is 3.36. The molecule has 0 saturated heterocycles. The number of amides is 2. The smallest absolute Gasteiger partial charge is 0.252 e. The lowest BCUT2D eigenvalue weighted by molar-refractivity contribution is -0.115. The topological polar surface area (TPSA) is 81.4 Å². The third kappa shape index (κ3) is 5.31. The zero-order valence-corrected chi connectivity index (χ0v) is 14.3. The van der Waals surface area contributed by atoms with Crippen molar-refractivity contribution < 1.29 is 14.3 Å². The molecular formula is C18H20N2O3S. The average Bonchev–Trinajstić information content (AvgIpc) is 2.60. The fourth-order valence-corrected chi connectivity index (χ4v) is 2.93. The highest BCUT2D eigenvalue weighted by molar-refractivity contribution is 8.00. The summed E-state index contributed by atoms with van der Waals surface area (Å²) >= 11 is 1.27. The normalized spacial score (nSPS) is 10.2. The first-order valence-electron chi connectivity index (χ1n) is 7.51. The van der Waals surface area contributed by atoms with Crippen LogP contribution in [0.1, 0.15) is 15.9 Å². The summed E-state index contributed by atoms with van der Waals surface area (Å²) in [7, 11) is 1.63. The highest BCUT2D eigenvalue weighted by Gasteiger charge is 2.11. The molecule has 0 aromatic heterocycles. The number of hydrogen-bond acceptors (Lipinski definition) is 4. The number of carbonyl (C=O) groups excluding carboxylic acids is 2. The molecule has 5 nitrogen and oxygen atoms in total. The predicted molar refractivity (Wildman–Crippen MR) is 95.4 cm³/mol. The van der Waals surface area contributed by atoms with Gasteiger partial charge in [-0.2, -0.15) is 0 Å². The molecule has 0 aliphatic heterocycles. The van der Waals surface area contributed by atoms with Crippen LogP contribution in [0.5, 0.6) is 5.75 Å². The van der Waals surface area contributed by atoms with E-state index in [2.05, 4.69) is 5.32 Å². The summed E-state index contributed by atoms with van der Waals surface area (Å²) in [6.07, 6.45) is 0.729. The summed E-state index contributed by atoms with van der Waals surface area (Å²) in [5.41, 5.74) is 6.83. The highest BCUT2D eigenvalue weighted by atomic mass is 32.2. The monoisotopic (exact) mass is 344 g/mol. The summed E-state index contributed by atoms with van der Waals surface area (Å²) in [5, 5.41) is 2.90. The molecule has 0 fully saturated rings. The molecule has 0 saturated carbocycles. The van der Waals surface area contributed by atoms with Crippen LogP contribution in [-0.4, -0.2) is 31.2 Å². The van der Waals surface area contributed by atoms with E-state index in [1.807, 2.05) is 36.4 Å². The van der Waals surface area contributed by atoms with E-state index in [1.54, 1.807) is 19.2 Å². The Kier molecular flexibility index (Phi) is 6.69. The van der Waals surface area contributed by atoms with Crippen molar-refractivity contribution in [2.45, 2.75) is 11.3 Å². The van der Waals surface area contributed by atoms with Gasteiger partial charge in [0, 0.05) is 11.4 Å². The second-order valence-corrected chi connectivity index (χ2v) is 6.12. The van der Waals surface area contributed by atoms with Gasteiger partial charge in [-0.1, -0.05) is 24.3 Å². The molecule has 0 aliphatic rings. The first-order chi connectivity index (χ1) is 11.6. The molecule has 0 bridgehead atoms. The summed E-state index contributed by atoms with van der Waals surface area (Å²) in [6.45, 7) is 0.528. The second kappa shape index (κ2) is 8.98. The molecule has 24 heavy (non-hydrogen) atoms. The fraction of sp³-hybridized carbons (Fsp3) is 0.222. The molecule has 2 amide bonds. The van der Waals surface area contributed by atoms with Crippen molar-refractivity contribution in [1.82, 2.24) is 5.32 Å². The molecule has 2 rings (SSSR count). The first kappa shape index (κ1) is 17.9. The van der Waals surface area contributed by atoms with Crippen LogP contribution in [0, 0.1) is 0 Å². The van der Waals surface area contributed by atoms with Crippen LogP contribution in [0.2, 0.25) is 0 Å². The number of carbonyl (C=O) groups is 2. The quantitative estimate of drug-likeness (QED) is 0.720. The van der Waals surface area contributed by atoms with Gasteiger partial charge in [0.2, 0.25) is 5.91 Å². The Hall–Kier alpha value is -2.47. The molecule has 2 aromatic rings. The molecule has 0 heterocycles. The number of thioether (sulfide) groups is 1. The van der Waals surface area contributed by atoms with Gasteiger partial charge in [0.15, 0.2) is 0 Å². The zero-order chi connectivity index (χ0) is 17.4. The van der Waals surface area contributed by atoms with E-state index in [4.69, 9.17) is 10.5 Å². The minimum absolute atomic E-state index is 0.149. The number of methoxy groups -OCH3 is 1. The summed E-state index contributed by atoms with van der Waals surface area (Å²) in [4.78, 5) is 24.0. The van der Waals surface area contributed by atoms with Crippen LogP contribution in [0.4, 0.5) is 0 Å². The van der Waals surface area contributed by atoms with Gasteiger partial charge in [0.25, 0.3) is 5.91 Å². The second-order valence-electron chi connectivity index (χ2n) is 5.11. The summed E-state index contributed by atoms with van der Waals surface area (Å²) in [6, 6.07) is 14.9. The number of rotatable bonds is 8. The van der Waals surface area contributed by atoms with Crippen molar-refractivity contribution in [2.75, 3.05) is 19.4 Å². The van der Waals surface area contributed by atoms with E-state index in [1.165, 1.54) is 11.8 Å². The molecule has 126 valence electrons. The maximum absolute atomic E-state index is 12.3. The van der Waals surface area contributed by atoms with E-state index < -0.39 is 5.91 Å². The van der Waals surface area contributed by atoms with Gasteiger partial charge < -0.3 is 15.8 Å². The van der Waals surface area contributed by atoms with E-state index in [0.717, 1.165) is 22.6 Å². The zero-order valence-electron chi connectivity index (χ0n) is 13.5. The van der Waals surface area contributed by atoms with Crippen LogP contribution in [0.25, 0.3) is 0 Å². The minimum atomic E-state index is -0.408. The standard InChI is InChI=1S/C18H20N2O3S/c1-23-14-8-6-13(7-9-14)10-11-20-18(22)15-4-2-3-5-16(15)24-12-17(19)21/h2-9H,10-12H2,1H3,(H2,19,21)(H,20,22). The average molecular weight is 344 g/mol. The summed E-state index contributed by atoms with van der Waals surface area (Å²) < 4.78 is 5.12. The van der Waals surface area contributed by atoms with Crippen molar-refractivity contribution in [3.05, 3.63) is 59.7 Å². The lowest BCUT2D eigenvalue weighted by atomic mass is 10.1. The van der Waals surface area contributed by atoms with Crippen molar-refractivity contribution >= 4 is 23.6 Å². The lowest BCUT2D eigenvalue weighted by Crippen LogP contribution is -2.26. The SMILES string of the molecule is COc1ccc(CCNC(=O)c2ccccc2SCC(N)=O)cc1. The Bertz CT molecular complexity index is 702. The van der Waals surface area contributed by atoms with Crippen LogP contribution in [0.3, 0.4) is 0 Å². The van der Waals surface area contributed by atoms with Gasteiger partial charge in [-0.05, 0) is 36.2 Å². The number of nitrogens with two attached hydrogens (primary N) is 1. The van der Waals surface area contributed by atoms with Crippen LogP contribution in [0.15, 0.2) is 53.4 Å². The molecule has 0 atom stereocenters. The van der Waals surface area contributed by atoms with Crippen LogP contribution < -0.4 is 15.8 Å². The van der Waals surface area contributed by atoms with Crippen molar-refractivity contribution in [2.24, 2.45) is 5.73 Å². The molecule has 0 spiro atoms. The fourth-order valence-electron chi connectivity index (χ4n) is 2.14. The van der Waals surface area contributed by atoms with Gasteiger partial charge in [-0.25, -0.2) is 0 Å². The number of primary amides is 1. The van der Waals surface area contributed by atoms with Gasteiger partial charge in [0.05, 0.1) is 18.4 Å². The van der Waals surface area contributed by atoms with Crippen LogP contribution in [-0.2, 0) is 11.2 Å².